The molecule has 1 fully saturated rings. The van der Waals surface area contributed by atoms with Gasteiger partial charge in [0.15, 0.2) is 0 Å². The molecule has 150 valence electrons. The number of aliphatic hydroxyl groups excluding tert-OH is 1. The van der Waals surface area contributed by atoms with Crippen molar-refractivity contribution in [3.63, 3.8) is 0 Å². The normalized spacial score (nSPS) is 14.9. The molecule has 4 rings (SSSR count). The van der Waals surface area contributed by atoms with Gasteiger partial charge in [-0.2, -0.15) is 5.26 Å². The minimum atomic E-state index is -0.130. The first kappa shape index (κ1) is 19.5. The highest BCUT2D eigenvalue weighted by molar-refractivity contribution is 6.32. The van der Waals surface area contributed by atoms with Gasteiger partial charge in [-0.15, -0.1) is 0 Å². The molecule has 2 aromatic heterocycles. The number of fused-ring (bicyclic) bond motifs is 1. The second-order valence-corrected chi connectivity index (χ2v) is 7.41. The van der Waals surface area contributed by atoms with Crippen molar-refractivity contribution in [2.24, 2.45) is 0 Å². The van der Waals surface area contributed by atoms with Crippen LogP contribution in [0.25, 0.3) is 16.9 Å². The monoisotopic (exact) mass is 411 g/mol. The fourth-order valence-electron chi connectivity index (χ4n) is 3.68. The van der Waals surface area contributed by atoms with Gasteiger partial charge in [0.1, 0.15) is 11.4 Å². The molecule has 0 atom stereocenters. The summed E-state index contributed by atoms with van der Waals surface area (Å²) in [7, 11) is 1.55. The fraction of sp³-hybridized carbons (Fsp3) is 0.333. The van der Waals surface area contributed by atoms with E-state index in [0.29, 0.717) is 22.9 Å². The van der Waals surface area contributed by atoms with E-state index in [9.17, 15) is 5.11 Å². The van der Waals surface area contributed by atoms with Gasteiger partial charge in [-0.3, -0.25) is 4.90 Å². The number of pyridine rings is 1. The second kappa shape index (κ2) is 8.29. The van der Waals surface area contributed by atoms with Crippen molar-refractivity contribution in [2.45, 2.75) is 6.61 Å². The Morgan fingerprint density at radius 3 is 2.72 bits per heavy atom. The number of hydrogen-bond donors (Lipinski definition) is 1. The Morgan fingerprint density at radius 1 is 1.24 bits per heavy atom. The van der Waals surface area contributed by atoms with Crippen LogP contribution in [-0.2, 0) is 6.61 Å². The van der Waals surface area contributed by atoms with E-state index in [-0.39, 0.29) is 6.61 Å². The van der Waals surface area contributed by atoms with Gasteiger partial charge in [0.05, 0.1) is 37.0 Å². The molecule has 1 saturated heterocycles. The lowest BCUT2D eigenvalue weighted by Crippen LogP contribution is -2.46. The van der Waals surface area contributed by atoms with Crippen molar-refractivity contribution in [3.05, 3.63) is 47.2 Å². The third-order valence-corrected chi connectivity index (χ3v) is 5.59. The van der Waals surface area contributed by atoms with Crippen molar-refractivity contribution in [1.29, 1.82) is 5.26 Å². The van der Waals surface area contributed by atoms with E-state index < -0.39 is 0 Å². The molecule has 1 aromatic carbocycles. The molecular weight excluding hydrogens is 390 g/mol. The molecule has 8 heteroatoms. The van der Waals surface area contributed by atoms with Gasteiger partial charge < -0.3 is 19.1 Å². The van der Waals surface area contributed by atoms with Crippen LogP contribution in [-0.4, -0.2) is 59.2 Å². The number of benzene rings is 1. The highest BCUT2D eigenvalue weighted by atomic mass is 35.5. The van der Waals surface area contributed by atoms with Crippen molar-refractivity contribution in [2.75, 3.05) is 44.7 Å². The molecule has 0 spiro atoms. The van der Waals surface area contributed by atoms with Crippen molar-refractivity contribution >= 4 is 22.9 Å². The van der Waals surface area contributed by atoms with E-state index in [0.717, 1.165) is 48.8 Å². The molecule has 0 aliphatic carbocycles. The van der Waals surface area contributed by atoms with Crippen LogP contribution in [0, 0.1) is 11.3 Å². The molecule has 3 aromatic rings. The first-order valence-corrected chi connectivity index (χ1v) is 9.81. The van der Waals surface area contributed by atoms with Gasteiger partial charge in [0.25, 0.3) is 0 Å². The summed E-state index contributed by atoms with van der Waals surface area (Å²) in [5.74, 6) is 0.529. The predicted octanol–water partition coefficient (Wildman–Crippen LogP) is 2.80. The average Bonchev–Trinajstić information content (AvgIpc) is 3.17. The maximum absolute atomic E-state index is 9.78. The summed E-state index contributed by atoms with van der Waals surface area (Å²) in [6.07, 6.45) is 3.92. The number of aliphatic hydroxyl groups is 1. The highest BCUT2D eigenvalue weighted by Crippen LogP contribution is 2.34. The summed E-state index contributed by atoms with van der Waals surface area (Å²) in [5, 5.41) is 19.1. The molecule has 1 aliphatic rings. The van der Waals surface area contributed by atoms with Crippen molar-refractivity contribution < 1.29 is 9.84 Å². The van der Waals surface area contributed by atoms with E-state index in [4.69, 9.17) is 26.6 Å². The molecule has 1 N–H and O–H groups in total. The van der Waals surface area contributed by atoms with E-state index in [1.54, 1.807) is 19.2 Å². The maximum Gasteiger partial charge on any atom is 0.139 e. The van der Waals surface area contributed by atoms with Crippen LogP contribution in [0.1, 0.15) is 5.56 Å². The van der Waals surface area contributed by atoms with E-state index >= 15 is 0 Å². The summed E-state index contributed by atoms with van der Waals surface area (Å²) >= 11 is 6.30. The number of aromatic nitrogens is 2. The molecule has 0 radical (unpaired) electrons. The minimum Gasteiger partial charge on any atom is -0.495 e. The smallest absolute Gasteiger partial charge is 0.139 e. The number of methoxy groups -OCH3 is 1. The summed E-state index contributed by atoms with van der Waals surface area (Å²) in [6, 6.07) is 9.88. The lowest BCUT2D eigenvalue weighted by molar-refractivity contribution is 0.281. The summed E-state index contributed by atoms with van der Waals surface area (Å²) < 4.78 is 7.21. The molecule has 0 bridgehead atoms. The number of imidazole rings is 1. The van der Waals surface area contributed by atoms with E-state index in [1.807, 2.05) is 16.8 Å². The zero-order valence-corrected chi connectivity index (χ0v) is 16.9. The van der Waals surface area contributed by atoms with Crippen LogP contribution in [0.2, 0.25) is 5.02 Å². The fourth-order valence-corrected chi connectivity index (χ4v) is 3.92. The van der Waals surface area contributed by atoms with Gasteiger partial charge in [0.2, 0.25) is 0 Å². The van der Waals surface area contributed by atoms with E-state index in [1.165, 1.54) is 0 Å². The largest absolute Gasteiger partial charge is 0.495 e. The number of halogens is 1. The summed E-state index contributed by atoms with van der Waals surface area (Å²) in [6.45, 7) is 3.87. The lowest BCUT2D eigenvalue weighted by atomic mass is 10.1. The first-order chi connectivity index (χ1) is 14.1. The summed E-state index contributed by atoms with van der Waals surface area (Å²) in [4.78, 5) is 9.23. The minimum absolute atomic E-state index is 0.130. The average molecular weight is 412 g/mol. The zero-order valence-electron chi connectivity index (χ0n) is 16.2. The van der Waals surface area contributed by atoms with Crippen LogP contribution in [0.15, 0.2) is 36.7 Å². The van der Waals surface area contributed by atoms with E-state index in [2.05, 4.69) is 28.0 Å². The number of ether oxygens (including phenoxy) is 1. The van der Waals surface area contributed by atoms with Gasteiger partial charge in [-0.05, 0) is 23.8 Å². The highest BCUT2D eigenvalue weighted by Gasteiger charge is 2.18. The molecule has 0 saturated carbocycles. The predicted molar refractivity (Wildman–Crippen MR) is 112 cm³/mol. The van der Waals surface area contributed by atoms with Crippen molar-refractivity contribution in [3.8, 4) is 23.1 Å². The first-order valence-electron chi connectivity index (χ1n) is 9.43. The topological polar surface area (TPSA) is 77.0 Å². The number of nitriles is 1. The number of anilines is 1. The molecule has 7 nitrogen and oxygen atoms in total. The number of hydrogen-bond acceptors (Lipinski definition) is 6. The molecule has 1 aliphatic heterocycles. The molecular formula is C21H22ClN5O2. The molecule has 29 heavy (non-hydrogen) atoms. The number of piperazine rings is 1. The van der Waals surface area contributed by atoms with Crippen LogP contribution in [0.4, 0.5) is 5.69 Å². The Kier molecular flexibility index (Phi) is 5.58. The van der Waals surface area contributed by atoms with Gasteiger partial charge in [-0.1, -0.05) is 11.6 Å². The van der Waals surface area contributed by atoms with Crippen LogP contribution < -0.4 is 9.64 Å². The molecule has 3 heterocycles. The Bertz CT molecular complexity index is 1070. The van der Waals surface area contributed by atoms with Gasteiger partial charge >= 0.3 is 0 Å². The lowest BCUT2D eigenvalue weighted by Gasteiger charge is -2.34. The maximum atomic E-state index is 9.78. The zero-order chi connectivity index (χ0) is 20.4. The van der Waals surface area contributed by atoms with Crippen LogP contribution in [0.5, 0.6) is 5.75 Å². The van der Waals surface area contributed by atoms with Crippen LogP contribution in [0.3, 0.4) is 0 Å². The summed E-state index contributed by atoms with van der Waals surface area (Å²) in [5.41, 5.74) is 4.18. The van der Waals surface area contributed by atoms with Gasteiger partial charge in [-0.25, -0.2) is 4.98 Å². The molecule has 0 unspecified atom stereocenters. The Morgan fingerprint density at radius 2 is 2.03 bits per heavy atom. The Hall–Kier alpha value is -2.79. The Labute approximate surface area is 174 Å². The third kappa shape index (κ3) is 3.87. The van der Waals surface area contributed by atoms with Crippen molar-refractivity contribution in [1.82, 2.24) is 14.3 Å². The number of rotatable bonds is 5. The molecule has 0 amide bonds. The SMILES string of the molecule is COc1cc(CO)c(-c2cn3ccc(N4CCN(CC#N)CC4)cc3n2)cc1Cl. The third-order valence-electron chi connectivity index (χ3n) is 5.30. The Balaban J connectivity index is 1.63. The quantitative estimate of drug-likeness (QED) is 0.650. The van der Waals surface area contributed by atoms with Crippen LogP contribution >= 0.6 is 11.6 Å². The second-order valence-electron chi connectivity index (χ2n) is 7.00. The van der Waals surface area contributed by atoms with Gasteiger partial charge in [0, 0.05) is 55.9 Å². The standard InChI is InChI=1S/C21H22ClN5O2/c1-29-20-10-15(14-28)17(12-18(20)22)19-13-27-4-2-16(11-21(27)24-19)26-8-6-25(5-3-23)7-9-26/h2,4,10-13,28H,5-9,14H2,1H3. The number of nitrogens with zero attached hydrogens (tertiary/aromatic N) is 5.